The summed E-state index contributed by atoms with van der Waals surface area (Å²) in [6.45, 7) is 0.451. The highest BCUT2D eigenvalue weighted by Gasteiger charge is 2.12. The molecule has 0 radical (unpaired) electrons. The van der Waals surface area contributed by atoms with Crippen LogP contribution in [0, 0.1) is 22.5 Å². The SMILES string of the molecule is C#CCCCOc1cc([N+](=O)[O-])ccc1N(C)C. The number of terminal acetylenes is 1. The van der Waals surface area contributed by atoms with Crippen LogP contribution in [0.2, 0.25) is 0 Å². The lowest BCUT2D eigenvalue weighted by Crippen LogP contribution is -2.11. The van der Waals surface area contributed by atoms with Crippen molar-refractivity contribution in [3.8, 4) is 18.1 Å². The van der Waals surface area contributed by atoms with Gasteiger partial charge in [-0.05, 0) is 12.5 Å². The van der Waals surface area contributed by atoms with Crippen molar-refractivity contribution in [3.63, 3.8) is 0 Å². The Hall–Kier alpha value is -2.22. The average Bonchev–Trinajstić information content (AvgIpc) is 2.34. The number of nitro benzene ring substituents is 1. The number of nitro groups is 1. The van der Waals surface area contributed by atoms with Crippen LogP contribution in [0.25, 0.3) is 0 Å². The largest absolute Gasteiger partial charge is 0.491 e. The normalized spacial score (nSPS) is 9.61. The van der Waals surface area contributed by atoms with Crippen LogP contribution in [0.1, 0.15) is 12.8 Å². The Labute approximate surface area is 107 Å². The number of non-ortho nitro benzene ring substituents is 1. The molecule has 0 aliphatic rings. The Morgan fingerprint density at radius 3 is 2.78 bits per heavy atom. The summed E-state index contributed by atoms with van der Waals surface area (Å²) >= 11 is 0. The monoisotopic (exact) mass is 248 g/mol. The molecule has 0 aromatic heterocycles. The van der Waals surface area contributed by atoms with Crippen LogP contribution in [0.4, 0.5) is 11.4 Å². The maximum Gasteiger partial charge on any atom is 0.273 e. The van der Waals surface area contributed by atoms with Crippen molar-refractivity contribution in [2.75, 3.05) is 25.6 Å². The molecule has 0 aliphatic carbocycles. The smallest absolute Gasteiger partial charge is 0.273 e. The number of benzene rings is 1. The Kier molecular flexibility index (Phi) is 5.00. The van der Waals surface area contributed by atoms with E-state index in [-0.39, 0.29) is 5.69 Å². The molecule has 0 aliphatic heterocycles. The van der Waals surface area contributed by atoms with E-state index in [1.54, 1.807) is 6.07 Å². The maximum atomic E-state index is 10.7. The predicted octanol–water partition coefficient (Wildman–Crippen LogP) is 2.45. The highest BCUT2D eigenvalue weighted by Crippen LogP contribution is 2.31. The summed E-state index contributed by atoms with van der Waals surface area (Å²) in [5.74, 6) is 3.03. The second kappa shape index (κ2) is 6.50. The van der Waals surface area contributed by atoms with Crippen molar-refractivity contribution < 1.29 is 9.66 Å². The summed E-state index contributed by atoms with van der Waals surface area (Å²) in [4.78, 5) is 12.1. The fourth-order valence-corrected chi connectivity index (χ4v) is 1.46. The van der Waals surface area contributed by atoms with Gasteiger partial charge in [0.15, 0.2) is 0 Å². The third-order valence-electron chi connectivity index (χ3n) is 2.36. The molecule has 0 N–H and O–H groups in total. The molecule has 18 heavy (non-hydrogen) atoms. The fourth-order valence-electron chi connectivity index (χ4n) is 1.46. The van der Waals surface area contributed by atoms with E-state index in [1.165, 1.54) is 12.1 Å². The van der Waals surface area contributed by atoms with Gasteiger partial charge in [0.2, 0.25) is 0 Å². The number of ether oxygens (including phenoxy) is 1. The molecular weight excluding hydrogens is 232 g/mol. The molecule has 96 valence electrons. The van der Waals surface area contributed by atoms with Gasteiger partial charge < -0.3 is 9.64 Å². The van der Waals surface area contributed by atoms with Crippen molar-refractivity contribution in [1.29, 1.82) is 0 Å². The van der Waals surface area contributed by atoms with Crippen LogP contribution in [0.15, 0.2) is 18.2 Å². The first-order valence-corrected chi connectivity index (χ1v) is 5.58. The lowest BCUT2D eigenvalue weighted by molar-refractivity contribution is -0.384. The Morgan fingerprint density at radius 2 is 2.22 bits per heavy atom. The summed E-state index contributed by atoms with van der Waals surface area (Å²) in [6, 6.07) is 4.57. The van der Waals surface area contributed by atoms with E-state index in [0.717, 1.165) is 12.1 Å². The Morgan fingerprint density at radius 1 is 1.50 bits per heavy atom. The van der Waals surface area contributed by atoms with Crippen molar-refractivity contribution >= 4 is 11.4 Å². The number of unbranched alkanes of at least 4 members (excludes halogenated alkanes) is 1. The summed E-state index contributed by atoms with van der Waals surface area (Å²) in [5.41, 5.74) is 0.828. The molecule has 0 saturated carbocycles. The molecule has 0 atom stereocenters. The Bertz CT molecular complexity index is 464. The lowest BCUT2D eigenvalue weighted by Gasteiger charge is -2.17. The van der Waals surface area contributed by atoms with Gasteiger partial charge in [-0.2, -0.15) is 0 Å². The van der Waals surface area contributed by atoms with Gasteiger partial charge in [-0.15, -0.1) is 12.3 Å². The van der Waals surface area contributed by atoms with Crippen LogP contribution in [-0.4, -0.2) is 25.6 Å². The summed E-state index contributed by atoms with van der Waals surface area (Å²) in [7, 11) is 3.71. The van der Waals surface area contributed by atoms with Crippen LogP contribution < -0.4 is 9.64 Å². The first-order valence-electron chi connectivity index (χ1n) is 5.58. The van der Waals surface area contributed by atoms with Gasteiger partial charge in [-0.3, -0.25) is 10.1 Å². The molecule has 0 bridgehead atoms. The molecule has 0 saturated heterocycles. The summed E-state index contributed by atoms with van der Waals surface area (Å²) in [6.07, 6.45) is 6.51. The van der Waals surface area contributed by atoms with Crippen LogP contribution in [0.5, 0.6) is 5.75 Å². The molecule has 0 heterocycles. The molecule has 1 rings (SSSR count). The third-order valence-corrected chi connectivity index (χ3v) is 2.36. The standard InChI is InChI=1S/C13H16N2O3/c1-4-5-6-9-18-13-10-11(15(16)17)7-8-12(13)14(2)3/h1,7-8,10H,5-6,9H2,2-3H3. The highest BCUT2D eigenvalue weighted by atomic mass is 16.6. The van der Waals surface area contributed by atoms with E-state index in [1.807, 2.05) is 19.0 Å². The molecule has 1 aromatic rings. The third kappa shape index (κ3) is 3.67. The topological polar surface area (TPSA) is 55.6 Å². The molecule has 5 nitrogen and oxygen atoms in total. The number of rotatable bonds is 6. The van der Waals surface area contributed by atoms with E-state index >= 15 is 0 Å². The van der Waals surface area contributed by atoms with Crippen molar-refractivity contribution in [1.82, 2.24) is 0 Å². The zero-order valence-electron chi connectivity index (χ0n) is 10.5. The zero-order chi connectivity index (χ0) is 13.5. The molecule has 5 heteroatoms. The minimum atomic E-state index is -0.437. The minimum absolute atomic E-state index is 0.0209. The lowest BCUT2D eigenvalue weighted by atomic mass is 10.2. The fraction of sp³-hybridized carbons (Fsp3) is 0.385. The van der Waals surface area contributed by atoms with Gasteiger partial charge >= 0.3 is 0 Å². The second-order valence-electron chi connectivity index (χ2n) is 3.96. The summed E-state index contributed by atoms with van der Waals surface area (Å²) in [5, 5.41) is 10.7. The van der Waals surface area contributed by atoms with Crippen molar-refractivity contribution in [2.24, 2.45) is 0 Å². The summed E-state index contributed by atoms with van der Waals surface area (Å²) < 4.78 is 5.55. The zero-order valence-corrected chi connectivity index (χ0v) is 10.5. The van der Waals surface area contributed by atoms with Gasteiger partial charge in [-0.25, -0.2) is 0 Å². The first kappa shape index (κ1) is 13.8. The quantitative estimate of drug-likeness (QED) is 0.336. The molecule has 0 unspecified atom stereocenters. The minimum Gasteiger partial charge on any atom is -0.491 e. The molecular formula is C13H16N2O3. The van der Waals surface area contributed by atoms with Gasteiger partial charge in [-0.1, -0.05) is 0 Å². The number of anilines is 1. The van der Waals surface area contributed by atoms with Crippen LogP contribution >= 0.6 is 0 Å². The van der Waals surface area contributed by atoms with Gasteiger partial charge in [0.05, 0.1) is 23.3 Å². The van der Waals surface area contributed by atoms with E-state index in [0.29, 0.717) is 18.8 Å². The van der Waals surface area contributed by atoms with E-state index in [9.17, 15) is 10.1 Å². The van der Waals surface area contributed by atoms with Crippen molar-refractivity contribution in [3.05, 3.63) is 28.3 Å². The van der Waals surface area contributed by atoms with Crippen LogP contribution in [0.3, 0.4) is 0 Å². The number of hydrogen-bond acceptors (Lipinski definition) is 4. The van der Waals surface area contributed by atoms with E-state index in [2.05, 4.69) is 5.92 Å². The molecule has 0 amide bonds. The van der Waals surface area contributed by atoms with E-state index < -0.39 is 4.92 Å². The van der Waals surface area contributed by atoms with Crippen LogP contribution in [-0.2, 0) is 0 Å². The van der Waals surface area contributed by atoms with Gasteiger partial charge in [0.1, 0.15) is 5.75 Å². The number of nitrogens with zero attached hydrogens (tertiary/aromatic N) is 2. The molecule has 1 aromatic carbocycles. The highest BCUT2D eigenvalue weighted by molar-refractivity contribution is 5.61. The molecule has 0 spiro atoms. The van der Waals surface area contributed by atoms with Gasteiger partial charge in [0.25, 0.3) is 5.69 Å². The maximum absolute atomic E-state index is 10.7. The second-order valence-corrected chi connectivity index (χ2v) is 3.96. The average molecular weight is 248 g/mol. The van der Waals surface area contributed by atoms with Gasteiger partial charge in [0, 0.05) is 26.6 Å². The molecule has 0 fully saturated rings. The van der Waals surface area contributed by atoms with Crippen molar-refractivity contribution in [2.45, 2.75) is 12.8 Å². The predicted molar refractivity (Wildman–Crippen MR) is 71.0 cm³/mol. The Balaban J connectivity index is 2.87. The number of hydrogen-bond donors (Lipinski definition) is 0. The van der Waals surface area contributed by atoms with E-state index in [4.69, 9.17) is 11.2 Å². The first-order chi connectivity index (χ1) is 8.56.